The van der Waals surface area contributed by atoms with Crippen LogP contribution in [0.15, 0.2) is 22.7 Å². The minimum atomic E-state index is -3.08. The lowest BCUT2D eigenvalue weighted by Crippen LogP contribution is -2.57. The Morgan fingerprint density at radius 2 is 2.04 bits per heavy atom. The van der Waals surface area contributed by atoms with Crippen molar-refractivity contribution in [1.82, 2.24) is 4.90 Å². The molecule has 1 aromatic rings. The molecule has 5 nitrogen and oxygen atoms in total. The predicted molar refractivity (Wildman–Crippen MR) is 98.0 cm³/mol. The van der Waals surface area contributed by atoms with E-state index in [1.54, 1.807) is 12.0 Å². The Balaban J connectivity index is 1.82. The fraction of sp³-hybridized carbons (Fsp3) is 0.588. The number of aryl methyl sites for hydroxylation is 1. The fourth-order valence-corrected chi connectivity index (χ4v) is 5.35. The van der Waals surface area contributed by atoms with Crippen molar-refractivity contribution < 1.29 is 17.9 Å². The van der Waals surface area contributed by atoms with Gasteiger partial charge in [0.05, 0.1) is 22.6 Å². The highest BCUT2D eigenvalue weighted by Gasteiger charge is 2.39. The van der Waals surface area contributed by atoms with Gasteiger partial charge in [-0.05, 0) is 46.0 Å². The SMILES string of the molecule is COc1ccc(CCC(=O)N2CC(S(=O)(=O)CC(C)C)C2)cc1Br. The van der Waals surface area contributed by atoms with Gasteiger partial charge in [0.15, 0.2) is 9.84 Å². The van der Waals surface area contributed by atoms with E-state index in [9.17, 15) is 13.2 Å². The van der Waals surface area contributed by atoms with Crippen LogP contribution in [-0.2, 0) is 21.1 Å². The van der Waals surface area contributed by atoms with E-state index < -0.39 is 9.84 Å². The highest BCUT2D eigenvalue weighted by Crippen LogP contribution is 2.26. The van der Waals surface area contributed by atoms with Gasteiger partial charge < -0.3 is 9.64 Å². The molecule has 2 rings (SSSR count). The molecular formula is C17H24BrNO4S. The summed E-state index contributed by atoms with van der Waals surface area (Å²) in [6.07, 6.45) is 1.01. The molecule has 0 spiro atoms. The summed E-state index contributed by atoms with van der Waals surface area (Å²) in [4.78, 5) is 13.8. The summed E-state index contributed by atoms with van der Waals surface area (Å²) >= 11 is 3.43. The van der Waals surface area contributed by atoms with Crippen molar-refractivity contribution in [2.24, 2.45) is 5.92 Å². The summed E-state index contributed by atoms with van der Waals surface area (Å²) in [5.74, 6) is 1.08. The van der Waals surface area contributed by atoms with E-state index in [1.807, 2.05) is 32.0 Å². The zero-order valence-corrected chi connectivity index (χ0v) is 16.7. The lowest BCUT2D eigenvalue weighted by atomic mass is 10.1. The van der Waals surface area contributed by atoms with Crippen molar-refractivity contribution >= 4 is 31.7 Å². The normalized spacial score (nSPS) is 15.5. The van der Waals surface area contributed by atoms with Gasteiger partial charge >= 0.3 is 0 Å². The van der Waals surface area contributed by atoms with Gasteiger partial charge in [-0.25, -0.2) is 8.42 Å². The number of carbonyl (C=O) groups excluding carboxylic acids is 1. The zero-order chi connectivity index (χ0) is 17.9. The summed E-state index contributed by atoms with van der Waals surface area (Å²) < 4.78 is 30.3. The van der Waals surface area contributed by atoms with Gasteiger partial charge in [-0.2, -0.15) is 0 Å². The molecule has 0 saturated carbocycles. The number of carbonyl (C=O) groups is 1. The molecule has 0 N–H and O–H groups in total. The van der Waals surface area contributed by atoms with Crippen LogP contribution < -0.4 is 4.74 Å². The molecule has 1 saturated heterocycles. The van der Waals surface area contributed by atoms with Crippen LogP contribution in [0, 0.1) is 5.92 Å². The van der Waals surface area contributed by atoms with Gasteiger partial charge in [0, 0.05) is 19.5 Å². The molecule has 24 heavy (non-hydrogen) atoms. The number of halogens is 1. The van der Waals surface area contributed by atoms with Crippen LogP contribution in [-0.4, -0.2) is 50.4 Å². The van der Waals surface area contributed by atoms with Crippen LogP contribution in [0.3, 0.4) is 0 Å². The predicted octanol–water partition coefficient (Wildman–Crippen LogP) is 2.67. The monoisotopic (exact) mass is 417 g/mol. The average Bonchev–Trinajstić information content (AvgIpc) is 2.41. The third kappa shape index (κ3) is 4.72. The Kier molecular flexibility index (Phi) is 6.31. The summed E-state index contributed by atoms with van der Waals surface area (Å²) in [5, 5.41) is -0.390. The van der Waals surface area contributed by atoms with Crippen LogP contribution in [0.1, 0.15) is 25.8 Å². The second-order valence-corrected chi connectivity index (χ2v) is 9.79. The number of nitrogens with zero attached hydrogens (tertiary/aromatic N) is 1. The molecule has 1 amide bonds. The van der Waals surface area contributed by atoms with Crippen LogP contribution in [0.4, 0.5) is 0 Å². The molecular weight excluding hydrogens is 394 g/mol. The molecule has 0 atom stereocenters. The first-order chi connectivity index (χ1) is 11.2. The lowest BCUT2D eigenvalue weighted by molar-refractivity contribution is -0.134. The second-order valence-electron chi connectivity index (χ2n) is 6.61. The maximum Gasteiger partial charge on any atom is 0.222 e. The van der Waals surface area contributed by atoms with Gasteiger partial charge in [0.1, 0.15) is 5.75 Å². The number of likely N-dealkylation sites (tertiary alicyclic amines) is 1. The Bertz CT molecular complexity index is 697. The van der Waals surface area contributed by atoms with Crippen molar-refractivity contribution in [1.29, 1.82) is 0 Å². The largest absolute Gasteiger partial charge is 0.496 e. The van der Waals surface area contributed by atoms with Gasteiger partial charge in [-0.3, -0.25) is 4.79 Å². The minimum Gasteiger partial charge on any atom is -0.496 e. The Labute approximate surface area is 152 Å². The van der Waals surface area contributed by atoms with Crippen molar-refractivity contribution in [3.05, 3.63) is 28.2 Å². The van der Waals surface area contributed by atoms with Gasteiger partial charge in [-0.1, -0.05) is 19.9 Å². The zero-order valence-electron chi connectivity index (χ0n) is 14.3. The molecule has 1 fully saturated rings. The van der Waals surface area contributed by atoms with Gasteiger partial charge in [0.25, 0.3) is 0 Å². The van der Waals surface area contributed by atoms with Crippen molar-refractivity contribution in [3.8, 4) is 5.75 Å². The van der Waals surface area contributed by atoms with Crippen molar-refractivity contribution in [2.45, 2.75) is 31.9 Å². The molecule has 7 heteroatoms. The third-order valence-corrected chi connectivity index (χ3v) is 7.18. The molecule has 1 aliphatic heterocycles. The van der Waals surface area contributed by atoms with Crippen LogP contribution in [0.2, 0.25) is 0 Å². The minimum absolute atomic E-state index is 0.0120. The fourth-order valence-electron chi connectivity index (χ4n) is 2.74. The average molecular weight is 418 g/mol. The Morgan fingerprint density at radius 1 is 1.38 bits per heavy atom. The standard InChI is InChI=1S/C17H24BrNO4S/c1-12(2)11-24(21,22)14-9-19(10-14)17(20)7-5-13-4-6-16(23-3)15(18)8-13/h4,6,8,12,14H,5,7,9-11H2,1-3H3. The van der Waals surface area contributed by atoms with Crippen LogP contribution >= 0.6 is 15.9 Å². The number of ether oxygens (including phenoxy) is 1. The number of hydrogen-bond acceptors (Lipinski definition) is 4. The summed E-state index contributed by atoms with van der Waals surface area (Å²) in [7, 11) is -1.48. The van der Waals surface area contributed by atoms with Gasteiger partial charge in [-0.15, -0.1) is 0 Å². The first kappa shape index (κ1) is 19.2. The van der Waals surface area contributed by atoms with Crippen LogP contribution in [0.5, 0.6) is 5.75 Å². The molecule has 1 aromatic carbocycles. The first-order valence-electron chi connectivity index (χ1n) is 8.04. The molecule has 0 aromatic heterocycles. The van der Waals surface area contributed by atoms with E-state index in [2.05, 4.69) is 15.9 Å². The van der Waals surface area contributed by atoms with Crippen LogP contribution in [0.25, 0.3) is 0 Å². The van der Waals surface area contributed by atoms with Crippen molar-refractivity contribution in [2.75, 3.05) is 26.0 Å². The molecule has 0 unspecified atom stereocenters. The third-order valence-electron chi connectivity index (χ3n) is 4.12. The highest BCUT2D eigenvalue weighted by molar-refractivity contribution is 9.10. The number of methoxy groups -OCH3 is 1. The Hall–Kier alpha value is -1.08. The maximum atomic E-state index is 12.2. The quantitative estimate of drug-likeness (QED) is 0.683. The molecule has 1 heterocycles. The number of amides is 1. The summed E-state index contributed by atoms with van der Waals surface area (Å²) in [6, 6.07) is 5.74. The smallest absolute Gasteiger partial charge is 0.222 e. The lowest BCUT2D eigenvalue weighted by Gasteiger charge is -2.39. The van der Waals surface area contributed by atoms with Crippen molar-refractivity contribution in [3.63, 3.8) is 0 Å². The van der Waals surface area contributed by atoms with Gasteiger partial charge in [0.2, 0.25) is 5.91 Å². The molecule has 0 aliphatic carbocycles. The van der Waals surface area contributed by atoms with E-state index in [0.717, 1.165) is 15.8 Å². The second kappa shape index (κ2) is 7.87. The first-order valence-corrected chi connectivity index (χ1v) is 10.6. The number of rotatable bonds is 7. The summed E-state index contributed by atoms with van der Waals surface area (Å²) in [6.45, 7) is 4.46. The van der Waals surface area contributed by atoms with E-state index >= 15 is 0 Å². The molecule has 0 bridgehead atoms. The van der Waals surface area contributed by atoms with E-state index in [4.69, 9.17) is 4.74 Å². The molecule has 134 valence electrons. The number of benzene rings is 1. The Morgan fingerprint density at radius 3 is 2.58 bits per heavy atom. The highest BCUT2D eigenvalue weighted by atomic mass is 79.9. The van der Waals surface area contributed by atoms with E-state index in [-0.39, 0.29) is 22.8 Å². The van der Waals surface area contributed by atoms with E-state index in [0.29, 0.717) is 25.9 Å². The molecule has 0 radical (unpaired) electrons. The summed E-state index contributed by atoms with van der Waals surface area (Å²) in [5.41, 5.74) is 1.04. The van der Waals surface area contributed by atoms with E-state index in [1.165, 1.54) is 0 Å². The number of sulfone groups is 1. The maximum absolute atomic E-state index is 12.2. The number of hydrogen-bond donors (Lipinski definition) is 0. The molecule has 1 aliphatic rings. The topological polar surface area (TPSA) is 63.7 Å².